The Balaban J connectivity index is 2.31. The summed E-state index contributed by atoms with van der Waals surface area (Å²) in [6.07, 6.45) is 0. The number of hydrogen-bond donors (Lipinski definition) is 2. The molecule has 2 unspecified atom stereocenters. The van der Waals surface area contributed by atoms with Crippen molar-refractivity contribution in [2.24, 2.45) is 0 Å². The fourth-order valence-electron chi connectivity index (χ4n) is 2.37. The average Bonchev–Trinajstić information content (AvgIpc) is 2.47. The van der Waals surface area contributed by atoms with Gasteiger partial charge in [0.1, 0.15) is 5.82 Å². The van der Waals surface area contributed by atoms with Crippen molar-refractivity contribution in [3.63, 3.8) is 0 Å². The lowest BCUT2D eigenvalue weighted by molar-refractivity contribution is 0.239. The third-order valence-corrected chi connectivity index (χ3v) is 3.37. The highest BCUT2D eigenvalue weighted by Gasteiger charge is 2.22. The first-order valence-electron chi connectivity index (χ1n) is 6.34. The molecule has 0 amide bonds. The van der Waals surface area contributed by atoms with Crippen LogP contribution in [0.5, 0.6) is 0 Å². The molecule has 0 aliphatic heterocycles. The molecule has 3 heteroatoms. The van der Waals surface area contributed by atoms with E-state index >= 15 is 0 Å². The Labute approximate surface area is 112 Å². The zero-order valence-electron chi connectivity index (χ0n) is 10.9. The van der Waals surface area contributed by atoms with E-state index in [1.165, 1.54) is 12.1 Å². The number of rotatable bonds is 5. The summed E-state index contributed by atoms with van der Waals surface area (Å²) in [5.41, 5.74) is 2.03. The molecule has 0 aromatic heterocycles. The Bertz CT molecular complexity index is 498. The maximum atomic E-state index is 13.0. The summed E-state index contributed by atoms with van der Waals surface area (Å²) in [4.78, 5) is 0. The molecular weight excluding hydrogens is 241 g/mol. The Hall–Kier alpha value is -1.71. The minimum atomic E-state index is -0.251. The predicted molar refractivity (Wildman–Crippen MR) is 74.5 cm³/mol. The van der Waals surface area contributed by atoms with Gasteiger partial charge in [0.25, 0.3) is 0 Å². The first kappa shape index (κ1) is 13.7. The van der Waals surface area contributed by atoms with E-state index in [1.54, 1.807) is 12.1 Å². The first-order chi connectivity index (χ1) is 9.26. The smallest absolute Gasteiger partial charge is 0.123 e. The van der Waals surface area contributed by atoms with Gasteiger partial charge in [-0.2, -0.15) is 0 Å². The van der Waals surface area contributed by atoms with Gasteiger partial charge >= 0.3 is 0 Å². The van der Waals surface area contributed by atoms with E-state index in [-0.39, 0.29) is 24.4 Å². The van der Waals surface area contributed by atoms with Gasteiger partial charge < -0.3 is 10.4 Å². The van der Waals surface area contributed by atoms with Gasteiger partial charge in [-0.15, -0.1) is 0 Å². The molecule has 0 bridgehead atoms. The molecule has 19 heavy (non-hydrogen) atoms. The molecule has 2 aromatic carbocycles. The second kappa shape index (κ2) is 6.45. The van der Waals surface area contributed by atoms with Crippen LogP contribution in [0, 0.1) is 5.82 Å². The number of nitrogens with one attached hydrogen (secondary N) is 1. The quantitative estimate of drug-likeness (QED) is 0.865. The van der Waals surface area contributed by atoms with Gasteiger partial charge in [-0.1, -0.05) is 42.5 Å². The van der Waals surface area contributed by atoms with Crippen molar-refractivity contribution in [3.8, 4) is 0 Å². The zero-order chi connectivity index (χ0) is 13.7. The van der Waals surface area contributed by atoms with Crippen LogP contribution < -0.4 is 5.32 Å². The summed E-state index contributed by atoms with van der Waals surface area (Å²) in [7, 11) is 1.85. The molecule has 0 aliphatic rings. The maximum absolute atomic E-state index is 13.0. The lowest BCUT2D eigenvalue weighted by atomic mass is 9.87. The fraction of sp³-hybridized carbons (Fsp3) is 0.250. The summed E-state index contributed by atoms with van der Waals surface area (Å²) in [6.45, 7) is 0.0346. The van der Waals surface area contributed by atoms with Gasteiger partial charge in [-0.3, -0.25) is 0 Å². The normalized spacial score (nSPS) is 14.1. The number of benzene rings is 2. The summed E-state index contributed by atoms with van der Waals surface area (Å²) in [6, 6.07) is 16.2. The van der Waals surface area contributed by atoms with Crippen LogP contribution in [-0.4, -0.2) is 18.8 Å². The second-order valence-electron chi connectivity index (χ2n) is 4.52. The van der Waals surface area contributed by atoms with E-state index in [1.807, 2.05) is 37.4 Å². The molecule has 0 fully saturated rings. The minimum Gasteiger partial charge on any atom is -0.396 e. The molecule has 100 valence electrons. The molecule has 2 N–H and O–H groups in total. The van der Waals surface area contributed by atoms with Crippen molar-refractivity contribution in [3.05, 3.63) is 71.5 Å². The predicted octanol–water partition coefficient (Wildman–Crippen LogP) is 2.86. The van der Waals surface area contributed by atoms with Crippen LogP contribution in [0.4, 0.5) is 4.39 Å². The maximum Gasteiger partial charge on any atom is 0.123 e. The molecule has 2 aromatic rings. The van der Waals surface area contributed by atoms with E-state index in [9.17, 15) is 9.50 Å². The van der Waals surface area contributed by atoms with Crippen LogP contribution in [0.15, 0.2) is 54.6 Å². The highest BCUT2D eigenvalue weighted by Crippen LogP contribution is 2.30. The third kappa shape index (κ3) is 3.19. The van der Waals surface area contributed by atoms with E-state index in [0.29, 0.717) is 0 Å². The highest BCUT2D eigenvalue weighted by atomic mass is 19.1. The number of aliphatic hydroxyl groups is 1. The lowest BCUT2D eigenvalue weighted by Gasteiger charge is -2.26. The van der Waals surface area contributed by atoms with Crippen LogP contribution in [0.2, 0.25) is 0 Å². The highest BCUT2D eigenvalue weighted by molar-refractivity contribution is 5.28. The van der Waals surface area contributed by atoms with Crippen LogP contribution in [0.3, 0.4) is 0 Å². The standard InChI is InChI=1S/C16H18FNO/c1-18-16(13-7-9-14(17)10-8-13)15(11-19)12-5-3-2-4-6-12/h2-10,15-16,18-19H,11H2,1H3. The average molecular weight is 259 g/mol. The van der Waals surface area contributed by atoms with E-state index in [2.05, 4.69) is 5.32 Å². The monoisotopic (exact) mass is 259 g/mol. The number of aliphatic hydroxyl groups excluding tert-OH is 1. The number of likely N-dealkylation sites (N-methyl/N-ethyl adjacent to an activating group) is 1. The third-order valence-electron chi connectivity index (χ3n) is 3.37. The van der Waals surface area contributed by atoms with Gasteiger partial charge in [0.05, 0.1) is 6.61 Å². The largest absolute Gasteiger partial charge is 0.396 e. The molecule has 0 saturated heterocycles. The molecule has 2 nitrogen and oxygen atoms in total. The summed E-state index contributed by atoms with van der Waals surface area (Å²) in [5, 5.41) is 12.9. The van der Waals surface area contributed by atoms with Crippen molar-refractivity contribution < 1.29 is 9.50 Å². The number of hydrogen-bond acceptors (Lipinski definition) is 2. The van der Waals surface area contributed by atoms with Crippen LogP contribution in [0.1, 0.15) is 23.1 Å². The Morgan fingerprint density at radius 1 is 1.00 bits per heavy atom. The molecule has 0 radical (unpaired) electrons. The van der Waals surface area contributed by atoms with Crippen molar-refractivity contribution in [2.45, 2.75) is 12.0 Å². The van der Waals surface area contributed by atoms with E-state index in [4.69, 9.17) is 0 Å². The van der Waals surface area contributed by atoms with Gasteiger partial charge in [-0.05, 0) is 30.3 Å². The summed E-state index contributed by atoms with van der Waals surface area (Å²) < 4.78 is 13.0. The molecule has 0 heterocycles. The molecule has 2 atom stereocenters. The first-order valence-corrected chi connectivity index (χ1v) is 6.34. The summed E-state index contributed by atoms with van der Waals surface area (Å²) >= 11 is 0. The molecular formula is C16H18FNO. The van der Waals surface area contributed by atoms with Crippen molar-refractivity contribution >= 4 is 0 Å². The second-order valence-corrected chi connectivity index (χ2v) is 4.52. The lowest BCUT2D eigenvalue weighted by Crippen LogP contribution is -2.26. The Morgan fingerprint density at radius 3 is 2.16 bits per heavy atom. The van der Waals surface area contributed by atoms with Crippen LogP contribution >= 0.6 is 0 Å². The van der Waals surface area contributed by atoms with Gasteiger partial charge in [-0.25, -0.2) is 4.39 Å². The molecule has 0 spiro atoms. The minimum absolute atomic E-state index is 0.0346. The van der Waals surface area contributed by atoms with Gasteiger partial charge in [0, 0.05) is 12.0 Å². The van der Waals surface area contributed by atoms with Crippen molar-refractivity contribution in [1.29, 1.82) is 0 Å². The van der Waals surface area contributed by atoms with Crippen LogP contribution in [0.25, 0.3) is 0 Å². The van der Waals surface area contributed by atoms with Crippen molar-refractivity contribution in [2.75, 3.05) is 13.7 Å². The number of halogens is 1. The van der Waals surface area contributed by atoms with Crippen LogP contribution in [-0.2, 0) is 0 Å². The van der Waals surface area contributed by atoms with E-state index < -0.39 is 0 Å². The van der Waals surface area contributed by atoms with E-state index in [0.717, 1.165) is 11.1 Å². The molecule has 0 aliphatic carbocycles. The Kier molecular flexibility index (Phi) is 4.66. The summed E-state index contributed by atoms with van der Waals surface area (Å²) in [5.74, 6) is -0.310. The fourth-order valence-corrected chi connectivity index (χ4v) is 2.37. The van der Waals surface area contributed by atoms with Gasteiger partial charge in [0.15, 0.2) is 0 Å². The SMILES string of the molecule is CNC(c1ccc(F)cc1)C(CO)c1ccccc1. The topological polar surface area (TPSA) is 32.3 Å². The zero-order valence-corrected chi connectivity index (χ0v) is 10.9. The van der Waals surface area contributed by atoms with Gasteiger partial charge in [0.2, 0.25) is 0 Å². The molecule has 0 saturated carbocycles. The van der Waals surface area contributed by atoms with Crippen molar-refractivity contribution in [1.82, 2.24) is 5.32 Å². The Morgan fingerprint density at radius 2 is 1.63 bits per heavy atom. The molecule has 2 rings (SSSR count).